The van der Waals surface area contributed by atoms with Crippen molar-refractivity contribution in [3.8, 4) is 11.8 Å². The molecule has 4 nitrogen and oxygen atoms in total. The summed E-state index contributed by atoms with van der Waals surface area (Å²) in [6.45, 7) is 3.76. The van der Waals surface area contributed by atoms with Gasteiger partial charge in [0.1, 0.15) is 0 Å². The SMILES string of the molecule is CC(/C(N)=C/NCC1CCCCO1)c1cc(C#CC2CC2)ccn1. The van der Waals surface area contributed by atoms with Crippen LogP contribution in [-0.2, 0) is 4.74 Å². The van der Waals surface area contributed by atoms with Gasteiger partial charge in [-0.1, -0.05) is 18.8 Å². The third-order valence-electron chi connectivity index (χ3n) is 4.61. The quantitative estimate of drug-likeness (QED) is 0.817. The van der Waals surface area contributed by atoms with Crippen LogP contribution in [0.4, 0.5) is 0 Å². The molecule has 0 spiro atoms. The summed E-state index contributed by atoms with van der Waals surface area (Å²) in [4.78, 5) is 4.46. The summed E-state index contributed by atoms with van der Waals surface area (Å²) in [6.07, 6.45) is 10.1. The van der Waals surface area contributed by atoms with Crippen molar-refractivity contribution in [2.45, 2.75) is 51.0 Å². The van der Waals surface area contributed by atoms with Gasteiger partial charge in [-0.15, -0.1) is 0 Å². The minimum atomic E-state index is 0.0625. The molecule has 1 saturated heterocycles. The predicted molar refractivity (Wildman–Crippen MR) is 96.1 cm³/mol. The van der Waals surface area contributed by atoms with Crippen LogP contribution in [0.1, 0.15) is 56.2 Å². The number of nitrogens with two attached hydrogens (primary N) is 1. The summed E-state index contributed by atoms with van der Waals surface area (Å²) in [6, 6.07) is 4.01. The molecular formula is C20H27N3O. The zero-order chi connectivity index (χ0) is 16.8. The zero-order valence-electron chi connectivity index (χ0n) is 14.4. The van der Waals surface area contributed by atoms with Crippen LogP contribution in [0.2, 0.25) is 0 Å². The first-order valence-electron chi connectivity index (χ1n) is 9.00. The van der Waals surface area contributed by atoms with Gasteiger partial charge in [-0.2, -0.15) is 0 Å². The summed E-state index contributed by atoms with van der Waals surface area (Å²) >= 11 is 0. The molecule has 2 unspecified atom stereocenters. The fourth-order valence-corrected chi connectivity index (χ4v) is 2.75. The summed E-state index contributed by atoms with van der Waals surface area (Å²) in [5.74, 6) is 7.20. The molecule has 0 radical (unpaired) electrons. The molecule has 3 rings (SSSR count). The minimum Gasteiger partial charge on any atom is -0.400 e. The van der Waals surface area contributed by atoms with E-state index in [4.69, 9.17) is 10.5 Å². The highest BCUT2D eigenvalue weighted by Crippen LogP contribution is 2.27. The number of rotatable bonds is 5. The van der Waals surface area contributed by atoms with Gasteiger partial charge in [0, 0.05) is 48.6 Å². The van der Waals surface area contributed by atoms with Crippen molar-refractivity contribution in [3.63, 3.8) is 0 Å². The van der Waals surface area contributed by atoms with E-state index in [2.05, 4.69) is 29.1 Å². The van der Waals surface area contributed by atoms with Crippen molar-refractivity contribution in [1.82, 2.24) is 10.3 Å². The first kappa shape index (κ1) is 16.9. The maximum absolute atomic E-state index is 6.23. The molecule has 1 aromatic heterocycles. The van der Waals surface area contributed by atoms with Gasteiger partial charge in [0.2, 0.25) is 0 Å². The van der Waals surface area contributed by atoms with Crippen LogP contribution in [0.3, 0.4) is 0 Å². The lowest BCUT2D eigenvalue weighted by Gasteiger charge is -2.22. The molecule has 2 aliphatic rings. The van der Waals surface area contributed by atoms with E-state index in [0.717, 1.165) is 36.5 Å². The Morgan fingerprint density at radius 3 is 3.08 bits per heavy atom. The lowest BCUT2D eigenvalue weighted by atomic mass is 10.0. The van der Waals surface area contributed by atoms with E-state index >= 15 is 0 Å². The molecule has 0 aromatic carbocycles. The predicted octanol–water partition coefficient (Wildman–Crippen LogP) is 2.91. The van der Waals surface area contributed by atoms with Gasteiger partial charge in [0.05, 0.1) is 11.8 Å². The van der Waals surface area contributed by atoms with E-state index in [1.807, 2.05) is 24.5 Å². The molecule has 1 aliphatic heterocycles. The Bertz CT molecular complexity index is 634. The molecule has 2 heterocycles. The van der Waals surface area contributed by atoms with Crippen LogP contribution in [0.25, 0.3) is 0 Å². The molecule has 3 N–H and O–H groups in total. The van der Waals surface area contributed by atoms with Crippen LogP contribution in [0, 0.1) is 17.8 Å². The van der Waals surface area contributed by atoms with E-state index in [9.17, 15) is 0 Å². The third-order valence-corrected chi connectivity index (χ3v) is 4.61. The third kappa shape index (κ3) is 5.01. The highest BCUT2D eigenvalue weighted by molar-refractivity contribution is 5.37. The number of allylic oxidation sites excluding steroid dienone is 1. The van der Waals surface area contributed by atoms with Crippen molar-refractivity contribution in [3.05, 3.63) is 41.5 Å². The van der Waals surface area contributed by atoms with E-state index in [-0.39, 0.29) is 5.92 Å². The van der Waals surface area contributed by atoms with E-state index < -0.39 is 0 Å². The monoisotopic (exact) mass is 325 g/mol. The molecule has 0 amide bonds. The molecule has 1 aliphatic carbocycles. The van der Waals surface area contributed by atoms with Gasteiger partial charge in [-0.3, -0.25) is 4.98 Å². The Morgan fingerprint density at radius 2 is 2.33 bits per heavy atom. The molecule has 1 aromatic rings. The molecule has 2 fully saturated rings. The normalized spacial score (nSPS) is 22.4. The zero-order valence-corrected chi connectivity index (χ0v) is 14.4. The molecule has 2 atom stereocenters. The first-order valence-corrected chi connectivity index (χ1v) is 9.00. The van der Waals surface area contributed by atoms with E-state index in [1.54, 1.807) is 0 Å². The maximum Gasteiger partial charge on any atom is 0.0747 e. The number of hydrogen-bond acceptors (Lipinski definition) is 4. The Balaban J connectivity index is 1.55. The van der Waals surface area contributed by atoms with Gasteiger partial charge in [0.25, 0.3) is 0 Å². The molecule has 24 heavy (non-hydrogen) atoms. The number of hydrogen-bond donors (Lipinski definition) is 2. The second-order valence-corrected chi connectivity index (χ2v) is 6.78. The smallest absolute Gasteiger partial charge is 0.0747 e. The van der Waals surface area contributed by atoms with Gasteiger partial charge in [-0.05, 0) is 44.2 Å². The highest BCUT2D eigenvalue weighted by atomic mass is 16.5. The number of aromatic nitrogens is 1. The van der Waals surface area contributed by atoms with E-state index in [1.165, 1.54) is 25.7 Å². The van der Waals surface area contributed by atoms with Crippen LogP contribution < -0.4 is 11.1 Å². The largest absolute Gasteiger partial charge is 0.400 e. The summed E-state index contributed by atoms with van der Waals surface area (Å²) in [7, 11) is 0. The fourth-order valence-electron chi connectivity index (χ4n) is 2.75. The van der Waals surface area contributed by atoms with Gasteiger partial charge in [0.15, 0.2) is 0 Å². The van der Waals surface area contributed by atoms with Crippen molar-refractivity contribution < 1.29 is 4.74 Å². The Hall–Kier alpha value is -1.99. The number of ether oxygens (including phenoxy) is 1. The average Bonchev–Trinajstić information content (AvgIpc) is 3.45. The van der Waals surface area contributed by atoms with Crippen molar-refractivity contribution in [2.75, 3.05) is 13.2 Å². The summed E-state index contributed by atoms with van der Waals surface area (Å²) in [5, 5.41) is 3.30. The van der Waals surface area contributed by atoms with Crippen LogP contribution in [0.15, 0.2) is 30.2 Å². The first-order chi connectivity index (χ1) is 11.7. The molecule has 1 saturated carbocycles. The highest BCUT2D eigenvalue weighted by Gasteiger charge is 2.18. The lowest BCUT2D eigenvalue weighted by molar-refractivity contribution is 0.0188. The molecular weight excluding hydrogens is 298 g/mol. The molecule has 0 bridgehead atoms. The second-order valence-electron chi connectivity index (χ2n) is 6.78. The molecule has 128 valence electrons. The second kappa shape index (κ2) is 8.21. The van der Waals surface area contributed by atoms with Crippen molar-refractivity contribution in [2.24, 2.45) is 11.7 Å². The van der Waals surface area contributed by atoms with Crippen LogP contribution in [0.5, 0.6) is 0 Å². The van der Waals surface area contributed by atoms with Crippen LogP contribution >= 0.6 is 0 Å². The Morgan fingerprint density at radius 1 is 1.46 bits per heavy atom. The number of nitrogens with one attached hydrogen (secondary N) is 1. The summed E-state index contributed by atoms with van der Waals surface area (Å²) in [5.41, 5.74) is 9.00. The van der Waals surface area contributed by atoms with Gasteiger partial charge >= 0.3 is 0 Å². The topological polar surface area (TPSA) is 60.2 Å². The lowest BCUT2D eigenvalue weighted by Crippen LogP contribution is -2.30. The number of pyridine rings is 1. The van der Waals surface area contributed by atoms with Gasteiger partial charge in [-0.25, -0.2) is 0 Å². The minimum absolute atomic E-state index is 0.0625. The summed E-state index contributed by atoms with van der Waals surface area (Å²) < 4.78 is 5.71. The van der Waals surface area contributed by atoms with E-state index in [0.29, 0.717) is 12.0 Å². The Labute approximate surface area is 144 Å². The van der Waals surface area contributed by atoms with Crippen molar-refractivity contribution >= 4 is 0 Å². The van der Waals surface area contributed by atoms with Gasteiger partial charge < -0.3 is 15.8 Å². The molecule has 4 heteroatoms. The standard InChI is InChI=1S/C20H27N3O/c1-15(19(21)14-22-13-18-4-2-3-11-24-18)20-12-17(9-10-23-20)8-7-16-5-6-16/h9-10,12,14-16,18,22H,2-6,11,13,21H2,1H3/b19-14-. The Kier molecular flexibility index (Phi) is 5.77. The van der Waals surface area contributed by atoms with Crippen molar-refractivity contribution in [1.29, 1.82) is 0 Å². The van der Waals surface area contributed by atoms with Crippen LogP contribution in [-0.4, -0.2) is 24.2 Å². The number of nitrogens with zero attached hydrogens (tertiary/aromatic N) is 1. The maximum atomic E-state index is 6.23. The fraction of sp³-hybridized carbons (Fsp3) is 0.550. The average molecular weight is 325 g/mol.